The van der Waals surface area contributed by atoms with Crippen LogP contribution >= 0.6 is 0 Å². The number of nitrogens with one attached hydrogen (secondary N) is 1. The fourth-order valence-electron chi connectivity index (χ4n) is 2.62. The Balaban J connectivity index is 2.30. The van der Waals surface area contributed by atoms with E-state index in [4.69, 9.17) is 0 Å². The maximum absolute atomic E-state index is 12.5. The summed E-state index contributed by atoms with van der Waals surface area (Å²) in [5, 5.41) is 3.24. The number of amides is 2. The van der Waals surface area contributed by atoms with Gasteiger partial charge in [-0.2, -0.15) is 0 Å². The molecule has 108 valence electrons. The Kier molecular flexibility index (Phi) is 4.23. The van der Waals surface area contributed by atoms with E-state index in [1.807, 2.05) is 39.0 Å². The number of imide groups is 1. The van der Waals surface area contributed by atoms with E-state index in [0.29, 0.717) is 0 Å². The van der Waals surface area contributed by atoms with Crippen LogP contribution in [0.5, 0.6) is 0 Å². The maximum Gasteiger partial charge on any atom is 0.251 e. The van der Waals surface area contributed by atoms with Crippen molar-refractivity contribution in [2.24, 2.45) is 0 Å². The maximum atomic E-state index is 12.5. The first-order valence-corrected chi connectivity index (χ1v) is 7.14. The molecule has 0 spiro atoms. The van der Waals surface area contributed by atoms with Crippen LogP contribution < -0.4 is 10.2 Å². The smallest absolute Gasteiger partial charge is 0.251 e. The summed E-state index contributed by atoms with van der Waals surface area (Å²) < 4.78 is 0. The second-order valence-electron chi connectivity index (χ2n) is 5.54. The van der Waals surface area contributed by atoms with Gasteiger partial charge in [0.2, 0.25) is 5.91 Å². The number of hydrogen-bond acceptors (Lipinski definition) is 3. The molecule has 2 unspecified atom stereocenters. The lowest BCUT2D eigenvalue weighted by Gasteiger charge is -2.21. The molecule has 1 aliphatic heterocycles. The zero-order valence-corrected chi connectivity index (χ0v) is 12.6. The third-order valence-electron chi connectivity index (χ3n) is 3.91. The standard InChI is InChI=1S/C16H22N2O2/c1-5-12(4)17-13-9-14(19)18(16(13)20)15-10(2)7-6-8-11(15)3/h6-8,12-13,17H,5,9H2,1-4H3. The molecular formula is C16H22N2O2. The lowest BCUT2D eigenvalue weighted by Crippen LogP contribution is -2.42. The van der Waals surface area contributed by atoms with Crippen molar-refractivity contribution in [3.05, 3.63) is 29.3 Å². The van der Waals surface area contributed by atoms with Gasteiger partial charge in [-0.3, -0.25) is 9.59 Å². The van der Waals surface area contributed by atoms with Crippen molar-refractivity contribution >= 4 is 17.5 Å². The summed E-state index contributed by atoms with van der Waals surface area (Å²) in [6.07, 6.45) is 1.18. The minimum Gasteiger partial charge on any atom is -0.303 e. The zero-order valence-electron chi connectivity index (χ0n) is 12.6. The van der Waals surface area contributed by atoms with Gasteiger partial charge in [-0.05, 0) is 38.3 Å². The number of hydrogen-bond donors (Lipinski definition) is 1. The number of rotatable bonds is 4. The summed E-state index contributed by atoms with van der Waals surface area (Å²) in [6, 6.07) is 5.64. The molecule has 0 aliphatic carbocycles. The average Bonchev–Trinajstić information content (AvgIpc) is 2.66. The van der Waals surface area contributed by atoms with Gasteiger partial charge in [0.15, 0.2) is 0 Å². The number of anilines is 1. The highest BCUT2D eigenvalue weighted by Crippen LogP contribution is 2.29. The van der Waals surface area contributed by atoms with Crippen LogP contribution in [0.15, 0.2) is 18.2 Å². The van der Waals surface area contributed by atoms with Gasteiger partial charge in [-0.25, -0.2) is 4.90 Å². The van der Waals surface area contributed by atoms with E-state index in [9.17, 15) is 9.59 Å². The molecule has 0 bridgehead atoms. The molecular weight excluding hydrogens is 252 g/mol. The quantitative estimate of drug-likeness (QED) is 0.857. The summed E-state index contributed by atoms with van der Waals surface area (Å²) in [7, 11) is 0. The molecule has 1 fully saturated rings. The van der Waals surface area contributed by atoms with Gasteiger partial charge < -0.3 is 5.32 Å². The minimum absolute atomic E-state index is 0.117. The summed E-state index contributed by atoms with van der Waals surface area (Å²) in [5.74, 6) is -0.249. The number of aryl methyl sites for hydroxylation is 2. The van der Waals surface area contributed by atoms with Gasteiger partial charge in [-0.1, -0.05) is 25.1 Å². The van der Waals surface area contributed by atoms with Crippen molar-refractivity contribution in [2.45, 2.75) is 52.6 Å². The second-order valence-corrected chi connectivity index (χ2v) is 5.54. The van der Waals surface area contributed by atoms with Gasteiger partial charge in [0.1, 0.15) is 0 Å². The van der Waals surface area contributed by atoms with E-state index in [2.05, 4.69) is 12.2 Å². The Morgan fingerprint density at radius 2 is 1.90 bits per heavy atom. The van der Waals surface area contributed by atoms with Gasteiger partial charge in [-0.15, -0.1) is 0 Å². The summed E-state index contributed by atoms with van der Waals surface area (Å²) in [5.41, 5.74) is 2.66. The van der Waals surface area contributed by atoms with Crippen LogP contribution in [0, 0.1) is 13.8 Å². The van der Waals surface area contributed by atoms with Crippen molar-refractivity contribution in [1.29, 1.82) is 0 Å². The molecule has 4 nitrogen and oxygen atoms in total. The van der Waals surface area contributed by atoms with Crippen LogP contribution in [-0.2, 0) is 9.59 Å². The molecule has 1 aromatic carbocycles. The van der Waals surface area contributed by atoms with Crippen LogP contribution in [0.4, 0.5) is 5.69 Å². The minimum atomic E-state index is -0.392. The van der Waals surface area contributed by atoms with Crippen molar-refractivity contribution in [3.63, 3.8) is 0 Å². The molecule has 4 heteroatoms. The number of carbonyl (C=O) groups is 2. The molecule has 0 radical (unpaired) electrons. The molecule has 20 heavy (non-hydrogen) atoms. The average molecular weight is 274 g/mol. The number of carbonyl (C=O) groups excluding carboxylic acids is 2. The monoisotopic (exact) mass is 274 g/mol. The van der Waals surface area contributed by atoms with Gasteiger partial charge >= 0.3 is 0 Å². The lowest BCUT2D eigenvalue weighted by atomic mass is 10.1. The van der Waals surface area contributed by atoms with E-state index in [-0.39, 0.29) is 24.3 Å². The van der Waals surface area contributed by atoms with E-state index in [1.54, 1.807) is 0 Å². The topological polar surface area (TPSA) is 49.4 Å². The number of nitrogens with zero attached hydrogens (tertiary/aromatic N) is 1. The van der Waals surface area contributed by atoms with Gasteiger partial charge in [0.05, 0.1) is 18.2 Å². The summed E-state index contributed by atoms with van der Waals surface area (Å²) >= 11 is 0. The molecule has 1 N–H and O–H groups in total. The number of benzene rings is 1. The Morgan fingerprint density at radius 3 is 2.45 bits per heavy atom. The summed E-state index contributed by atoms with van der Waals surface area (Å²) in [6.45, 7) is 7.94. The van der Waals surface area contributed by atoms with Crippen LogP contribution in [-0.4, -0.2) is 23.9 Å². The molecule has 1 heterocycles. The zero-order chi connectivity index (χ0) is 14.9. The van der Waals surface area contributed by atoms with Crippen LogP contribution in [0.3, 0.4) is 0 Å². The second kappa shape index (κ2) is 5.75. The molecule has 1 saturated heterocycles. The van der Waals surface area contributed by atoms with Crippen molar-refractivity contribution < 1.29 is 9.59 Å². The predicted octanol–water partition coefficient (Wildman–Crippen LogP) is 2.32. The van der Waals surface area contributed by atoms with E-state index in [1.165, 1.54) is 4.90 Å². The molecule has 0 aromatic heterocycles. The fourth-order valence-corrected chi connectivity index (χ4v) is 2.62. The molecule has 2 rings (SSSR count). The van der Waals surface area contributed by atoms with E-state index >= 15 is 0 Å². The third kappa shape index (κ3) is 2.61. The molecule has 2 amide bonds. The van der Waals surface area contributed by atoms with Crippen molar-refractivity contribution in [3.8, 4) is 0 Å². The largest absolute Gasteiger partial charge is 0.303 e. The Morgan fingerprint density at radius 1 is 1.30 bits per heavy atom. The van der Waals surface area contributed by atoms with E-state index in [0.717, 1.165) is 23.2 Å². The SMILES string of the molecule is CCC(C)NC1CC(=O)N(c2c(C)cccc2C)C1=O. The highest BCUT2D eigenvalue weighted by Gasteiger charge is 2.40. The Labute approximate surface area is 120 Å². The predicted molar refractivity (Wildman–Crippen MR) is 79.7 cm³/mol. The normalized spacial score (nSPS) is 20.6. The lowest BCUT2D eigenvalue weighted by molar-refractivity contribution is -0.121. The third-order valence-corrected chi connectivity index (χ3v) is 3.91. The highest BCUT2D eigenvalue weighted by molar-refractivity contribution is 6.23. The van der Waals surface area contributed by atoms with Crippen molar-refractivity contribution in [1.82, 2.24) is 5.32 Å². The molecule has 1 aliphatic rings. The van der Waals surface area contributed by atoms with Crippen molar-refractivity contribution in [2.75, 3.05) is 4.90 Å². The van der Waals surface area contributed by atoms with Gasteiger partial charge in [0, 0.05) is 6.04 Å². The Hall–Kier alpha value is -1.68. The number of para-hydroxylation sites is 1. The van der Waals surface area contributed by atoms with E-state index < -0.39 is 6.04 Å². The first-order chi connectivity index (χ1) is 9.45. The van der Waals surface area contributed by atoms with Gasteiger partial charge in [0.25, 0.3) is 5.91 Å². The molecule has 0 saturated carbocycles. The first-order valence-electron chi connectivity index (χ1n) is 7.14. The Bertz CT molecular complexity index is 519. The van der Waals surface area contributed by atoms with Crippen LogP contribution in [0.2, 0.25) is 0 Å². The molecule has 1 aromatic rings. The van der Waals surface area contributed by atoms with Crippen LogP contribution in [0.25, 0.3) is 0 Å². The van der Waals surface area contributed by atoms with Crippen LogP contribution in [0.1, 0.15) is 37.8 Å². The fraction of sp³-hybridized carbons (Fsp3) is 0.500. The summed E-state index contributed by atoms with van der Waals surface area (Å²) in [4.78, 5) is 26.1. The molecule has 2 atom stereocenters. The first kappa shape index (κ1) is 14.7. The highest BCUT2D eigenvalue weighted by atomic mass is 16.2.